The van der Waals surface area contributed by atoms with Crippen LogP contribution < -0.4 is 10.6 Å². The third-order valence-corrected chi connectivity index (χ3v) is 4.87. The molecular formula is C16H19N3OS. The van der Waals surface area contributed by atoms with Crippen molar-refractivity contribution in [2.45, 2.75) is 31.8 Å². The maximum absolute atomic E-state index is 12.3. The number of aromatic nitrogens is 1. The number of benzene rings is 1. The molecule has 2 unspecified atom stereocenters. The van der Waals surface area contributed by atoms with Crippen molar-refractivity contribution in [2.75, 3.05) is 6.54 Å². The van der Waals surface area contributed by atoms with Crippen molar-refractivity contribution in [1.82, 2.24) is 15.6 Å². The number of hydrogen-bond donors (Lipinski definition) is 2. The molecule has 0 aliphatic carbocycles. The molecule has 2 aromatic rings. The van der Waals surface area contributed by atoms with Gasteiger partial charge in [0.1, 0.15) is 9.88 Å². The summed E-state index contributed by atoms with van der Waals surface area (Å²) >= 11 is 1.44. The maximum Gasteiger partial charge on any atom is 0.263 e. The Balaban J connectivity index is 1.69. The van der Waals surface area contributed by atoms with Gasteiger partial charge in [0.15, 0.2) is 0 Å². The molecule has 0 saturated carbocycles. The number of amides is 1. The van der Waals surface area contributed by atoms with Crippen LogP contribution in [-0.2, 0) is 0 Å². The predicted molar refractivity (Wildman–Crippen MR) is 85.5 cm³/mol. The molecule has 1 saturated heterocycles. The minimum absolute atomic E-state index is 0.0183. The Morgan fingerprint density at radius 1 is 1.38 bits per heavy atom. The van der Waals surface area contributed by atoms with Crippen molar-refractivity contribution in [1.29, 1.82) is 0 Å². The molecule has 1 aromatic heterocycles. The summed E-state index contributed by atoms with van der Waals surface area (Å²) in [5.74, 6) is -0.0183. The molecule has 1 aliphatic rings. The molecule has 5 heteroatoms. The average Bonchev–Trinajstić information content (AvgIpc) is 3.00. The highest BCUT2D eigenvalue weighted by atomic mass is 32.1. The fraction of sp³-hybridized carbons (Fsp3) is 0.375. The topological polar surface area (TPSA) is 54.0 Å². The normalized spacial score (nSPS) is 22.0. The Morgan fingerprint density at radius 3 is 2.95 bits per heavy atom. The standard InChI is InChI=1S/C16H19N3OS/c1-11-13(8-5-9-17-11)19-15(20)14-10-18-16(21-14)12-6-3-2-4-7-12/h2-4,6-7,10-11,13,17H,5,8-9H2,1H3,(H,19,20). The fourth-order valence-electron chi connectivity index (χ4n) is 2.57. The third-order valence-electron chi connectivity index (χ3n) is 3.83. The molecule has 0 spiro atoms. The summed E-state index contributed by atoms with van der Waals surface area (Å²) in [7, 11) is 0. The van der Waals surface area contributed by atoms with Crippen LogP contribution in [0.25, 0.3) is 10.6 Å². The molecule has 1 aromatic carbocycles. The summed E-state index contributed by atoms with van der Waals surface area (Å²) in [6.07, 6.45) is 3.81. The first-order valence-electron chi connectivity index (χ1n) is 7.29. The van der Waals surface area contributed by atoms with Crippen LogP contribution in [0.5, 0.6) is 0 Å². The van der Waals surface area contributed by atoms with E-state index in [0.29, 0.717) is 10.9 Å². The Hall–Kier alpha value is -1.72. The lowest BCUT2D eigenvalue weighted by Crippen LogP contribution is -2.51. The minimum atomic E-state index is -0.0183. The van der Waals surface area contributed by atoms with Crippen LogP contribution in [-0.4, -0.2) is 29.5 Å². The van der Waals surface area contributed by atoms with E-state index >= 15 is 0 Å². The zero-order valence-corrected chi connectivity index (χ0v) is 12.8. The molecule has 2 atom stereocenters. The highest BCUT2D eigenvalue weighted by Gasteiger charge is 2.23. The van der Waals surface area contributed by atoms with E-state index in [0.717, 1.165) is 30.0 Å². The second-order valence-corrected chi connectivity index (χ2v) is 6.39. The number of carbonyl (C=O) groups is 1. The molecule has 2 N–H and O–H groups in total. The summed E-state index contributed by atoms with van der Waals surface area (Å²) in [5, 5.41) is 7.40. The van der Waals surface area contributed by atoms with Crippen LogP contribution in [0.2, 0.25) is 0 Å². The largest absolute Gasteiger partial charge is 0.347 e. The first-order chi connectivity index (χ1) is 10.2. The van der Waals surface area contributed by atoms with Gasteiger partial charge >= 0.3 is 0 Å². The Kier molecular flexibility index (Phi) is 4.31. The number of nitrogens with zero attached hydrogens (tertiary/aromatic N) is 1. The van der Waals surface area contributed by atoms with Gasteiger partial charge in [-0.1, -0.05) is 30.3 Å². The van der Waals surface area contributed by atoms with Crippen LogP contribution in [0.4, 0.5) is 0 Å². The third kappa shape index (κ3) is 3.31. The summed E-state index contributed by atoms with van der Waals surface area (Å²) in [6, 6.07) is 10.5. The Bertz CT molecular complexity index is 611. The molecule has 0 bridgehead atoms. The lowest BCUT2D eigenvalue weighted by Gasteiger charge is -2.30. The van der Waals surface area contributed by atoms with Crippen LogP contribution in [0.3, 0.4) is 0 Å². The van der Waals surface area contributed by atoms with Crippen LogP contribution in [0.15, 0.2) is 36.5 Å². The first-order valence-corrected chi connectivity index (χ1v) is 8.11. The summed E-state index contributed by atoms with van der Waals surface area (Å²) in [4.78, 5) is 17.4. The number of hydrogen-bond acceptors (Lipinski definition) is 4. The van der Waals surface area contributed by atoms with Crippen molar-refractivity contribution < 1.29 is 4.79 Å². The summed E-state index contributed by atoms with van der Waals surface area (Å²) < 4.78 is 0. The lowest BCUT2D eigenvalue weighted by molar-refractivity contribution is 0.0924. The highest BCUT2D eigenvalue weighted by molar-refractivity contribution is 7.16. The van der Waals surface area contributed by atoms with Gasteiger partial charge in [0.25, 0.3) is 5.91 Å². The molecule has 110 valence electrons. The van der Waals surface area contributed by atoms with E-state index in [9.17, 15) is 4.79 Å². The second kappa shape index (κ2) is 6.37. The van der Waals surface area contributed by atoms with Crippen molar-refractivity contribution in [3.63, 3.8) is 0 Å². The van der Waals surface area contributed by atoms with Gasteiger partial charge in [-0.05, 0) is 26.3 Å². The summed E-state index contributed by atoms with van der Waals surface area (Å²) in [6.45, 7) is 3.15. The van der Waals surface area contributed by atoms with E-state index in [1.54, 1.807) is 6.20 Å². The van der Waals surface area contributed by atoms with Crippen LogP contribution in [0, 0.1) is 0 Å². The second-order valence-electron chi connectivity index (χ2n) is 5.36. The van der Waals surface area contributed by atoms with Gasteiger partial charge in [-0.25, -0.2) is 4.98 Å². The number of piperidine rings is 1. The van der Waals surface area contributed by atoms with Gasteiger partial charge in [-0.2, -0.15) is 0 Å². The van der Waals surface area contributed by atoms with E-state index < -0.39 is 0 Å². The number of rotatable bonds is 3. The molecule has 4 nitrogen and oxygen atoms in total. The molecule has 1 fully saturated rings. The molecule has 1 aliphatic heterocycles. The maximum atomic E-state index is 12.3. The van der Waals surface area contributed by atoms with Crippen molar-refractivity contribution >= 4 is 17.2 Å². The SMILES string of the molecule is CC1NCCCC1NC(=O)c1cnc(-c2ccccc2)s1. The quantitative estimate of drug-likeness (QED) is 0.916. The van der Waals surface area contributed by atoms with Crippen molar-refractivity contribution in [3.05, 3.63) is 41.4 Å². The first kappa shape index (κ1) is 14.2. The van der Waals surface area contributed by atoms with Crippen molar-refractivity contribution in [3.8, 4) is 10.6 Å². The number of carbonyl (C=O) groups excluding carboxylic acids is 1. The van der Waals surface area contributed by atoms with E-state index in [4.69, 9.17) is 0 Å². The molecule has 1 amide bonds. The van der Waals surface area contributed by atoms with Crippen LogP contribution >= 0.6 is 11.3 Å². The smallest absolute Gasteiger partial charge is 0.263 e. The monoisotopic (exact) mass is 301 g/mol. The van der Waals surface area contributed by atoms with E-state index in [1.165, 1.54) is 11.3 Å². The molecule has 0 radical (unpaired) electrons. The lowest BCUT2D eigenvalue weighted by atomic mass is 10.00. The summed E-state index contributed by atoms with van der Waals surface area (Å²) in [5.41, 5.74) is 1.05. The minimum Gasteiger partial charge on any atom is -0.347 e. The highest BCUT2D eigenvalue weighted by Crippen LogP contribution is 2.25. The average molecular weight is 301 g/mol. The van der Waals surface area contributed by atoms with Crippen LogP contribution in [0.1, 0.15) is 29.4 Å². The molecule has 2 heterocycles. The van der Waals surface area contributed by atoms with E-state index in [-0.39, 0.29) is 11.9 Å². The molecular weight excluding hydrogens is 282 g/mol. The van der Waals surface area contributed by atoms with E-state index in [2.05, 4.69) is 22.5 Å². The zero-order valence-electron chi connectivity index (χ0n) is 12.0. The predicted octanol–water partition coefficient (Wildman–Crippen LogP) is 2.68. The Labute approximate surface area is 128 Å². The zero-order chi connectivity index (χ0) is 14.7. The van der Waals surface area contributed by atoms with Gasteiger partial charge in [-0.15, -0.1) is 11.3 Å². The van der Waals surface area contributed by atoms with Crippen molar-refractivity contribution in [2.24, 2.45) is 0 Å². The number of thiazole rings is 1. The molecule has 3 rings (SSSR count). The van der Waals surface area contributed by atoms with E-state index in [1.807, 2.05) is 30.3 Å². The van der Waals surface area contributed by atoms with Gasteiger partial charge in [0.2, 0.25) is 0 Å². The van der Waals surface area contributed by atoms with Gasteiger partial charge in [-0.3, -0.25) is 4.79 Å². The number of nitrogens with one attached hydrogen (secondary N) is 2. The Morgan fingerprint density at radius 2 is 2.19 bits per heavy atom. The molecule has 21 heavy (non-hydrogen) atoms. The fourth-order valence-corrected chi connectivity index (χ4v) is 3.40. The van der Waals surface area contributed by atoms with Gasteiger partial charge in [0, 0.05) is 17.6 Å². The van der Waals surface area contributed by atoms with Gasteiger partial charge < -0.3 is 10.6 Å². The van der Waals surface area contributed by atoms with Gasteiger partial charge in [0.05, 0.1) is 6.20 Å².